The third kappa shape index (κ3) is 11.0. The Morgan fingerprint density at radius 1 is 0.955 bits per heavy atom. The number of carbonyl (C=O) groups is 2. The van der Waals surface area contributed by atoms with Gasteiger partial charge in [-0.1, -0.05) is 30.1 Å². The second-order valence-corrected chi connectivity index (χ2v) is 19.8. The van der Waals surface area contributed by atoms with Gasteiger partial charge in [-0.3, -0.25) is 10.1 Å². The highest BCUT2D eigenvalue weighted by molar-refractivity contribution is 7.89. The maximum absolute atomic E-state index is 14.9. The topological polar surface area (TPSA) is 204 Å². The molecule has 358 valence electrons. The molecule has 1 heterocycles. The molecule has 4 N–H and O–H groups in total. The summed E-state index contributed by atoms with van der Waals surface area (Å²) in [5.74, 6) is -1.76. The standard InChI is InChI=1S/C49H64N4O12S/c1-9-26-62-49-44(53(6)66(58,59)36-20-16-33(17-21-36)50-31(2)56)30-41(52-65-48(3,4)5)38-27-32(14-10-12-24-54)37(15-11-13-25-55)45(46(38)49)39-28-35(19-23-42(39)64-49)63-47(57)51-40-22-18-34(60-7)29-43(40)61-8/h9,16-23,27-29,32,37,44-46,54-55H,1,10-15,24-26,30H2,2-8H3,(H,50,56)(H,51,57)/t32-,37+,44-,45+,46+,49+/m0/s1. The molecule has 0 bridgehead atoms. The number of aliphatic hydroxyl groups excluding tert-OH is 2. The van der Waals surface area contributed by atoms with E-state index in [2.05, 4.69) is 23.3 Å². The molecule has 6 atom stereocenters. The van der Waals surface area contributed by atoms with Crippen molar-refractivity contribution >= 4 is 39.1 Å². The fraction of sp³-hybridized carbons (Fsp3) is 0.490. The van der Waals surface area contributed by atoms with E-state index in [0.29, 0.717) is 65.6 Å². The van der Waals surface area contributed by atoms with Crippen LogP contribution in [0.15, 0.2) is 95.0 Å². The maximum Gasteiger partial charge on any atom is 0.417 e. The van der Waals surface area contributed by atoms with Gasteiger partial charge in [0.1, 0.15) is 28.6 Å². The number of anilines is 2. The lowest BCUT2D eigenvalue weighted by Crippen LogP contribution is -2.69. The Balaban J connectivity index is 1.54. The number of unbranched alkanes of at least 4 members (excludes halogenated alkanes) is 2. The molecule has 1 aliphatic heterocycles. The fourth-order valence-corrected chi connectivity index (χ4v) is 10.7. The zero-order chi connectivity index (χ0) is 47.8. The van der Waals surface area contributed by atoms with Gasteiger partial charge in [0.15, 0.2) is 0 Å². The van der Waals surface area contributed by atoms with Crippen molar-refractivity contribution in [1.82, 2.24) is 4.31 Å². The fourth-order valence-electron chi connectivity index (χ4n) is 9.35. The molecular formula is C49H64N4O12S. The van der Waals surface area contributed by atoms with Crippen molar-refractivity contribution in [2.45, 2.75) is 101 Å². The number of nitrogens with zero attached hydrogens (tertiary/aromatic N) is 2. The number of rotatable bonds is 20. The van der Waals surface area contributed by atoms with Crippen LogP contribution in [0.25, 0.3) is 0 Å². The van der Waals surface area contributed by atoms with Gasteiger partial charge in [0.05, 0.1) is 49.1 Å². The van der Waals surface area contributed by atoms with Gasteiger partial charge in [0, 0.05) is 56.8 Å². The predicted molar refractivity (Wildman–Crippen MR) is 251 cm³/mol. The van der Waals surface area contributed by atoms with Crippen LogP contribution in [-0.4, -0.2) is 99.2 Å². The van der Waals surface area contributed by atoms with E-state index in [0.717, 1.165) is 18.4 Å². The van der Waals surface area contributed by atoms with E-state index in [1.165, 1.54) is 56.8 Å². The molecule has 2 amide bonds. The first-order valence-corrected chi connectivity index (χ1v) is 23.8. The van der Waals surface area contributed by atoms with Gasteiger partial charge in [0.2, 0.25) is 21.7 Å². The normalized spacial score (nSPS) is 22.8. The minimum absolute atomic E-state index is 0.00209. The Bertz CT molecular complexity index is 2380. The molecule has 2 aliphatic carbocycles. The van der Waals surface area contributed by atoms with Crippen LogP contribution < -0.4 is 29.6 Å². The number of sulfonamides is 1. The predicted octanol–water partition coefficient (Wildman–Crippen LogP) is 8.03. The largest absolute Gasteiger partial charge is 0.497 e. The highest BCUT2D eigenvalue weighted by Gasteiger charge is 2.65. The number of aliphatic hydroxyl groups is 2. The number of hydrogen-bond donors (Lipinski definition) is 4. The lowest BCUT2D eigenvalue weighted by molar-refractivity contribution is -0.250. The molecule has 0 aromatic heterocycles. The van der Waals surface area contributed by atoms with Crippen molar-refractivity contribution in [3.8, 4) is 23.0 Å². The van der Waals surface area contributed by atoms with Crippen molar-refractivity contribution in [2.24, 2.45) is 22.9 Å². The summed E-state index contributed by atoms with van der Waals surface area (Å²) in [6.07, 6.45) is 7.02. The number of carbonyl (C=O) groups excluding carboxylic acids is 2. The van der Waals surface area contributed by atoms with E-state index in [1.54, 1.807) is 42.5 Å². The molecule has 3 aliphatic rings. The molecule has 0 saturated heterocycles. The van der Waals surface area contributed by atoms with Crippen LogP contribution in [0, 0.1) is 17.8 Å². The molecule has 0 unspecified atom stereocenters. The molecule has 0 radical (unpaired) electrons. The number of nitrogens with one attached hydrogen (secondary N) is 2. The van der Waals surface area contributed by atoms with E-state index in [9.17, 15) is 28.2 Å². The summed E-state index contributed by atoms with van der Waals surface area (Å²) in [7, 11) is 0.221. The Labute approximate surface area is 388 Å². The minimum atomic E-state index is -4.29. The number of fused-ring (bicyclic) bond motifs is 2. The van der Waals surface area contributed by atoms with Gasteiger partial charge in [-0.15, -0.1) is 6.58 Å². The molecule has 3 aromatic rings. The van der Waals surface area contributed by atoms with E-state index < -0.39 is 45.4 Å². The minimum Gasteiger partial charge on any atom is -0.497 e. The molecule has 6 rings (SSSR count). The highest BCUT2D eigenvalue weighted by atomic mass is 32.2. The Morgan fingerprint density at radius 2 is 1.65 bits per heavy atom. The van der Waals surface area contributed by atoms with Crippen molar-refractivity contribution < 1.29 is 56.7 Å². The molecule has 3 aromatic carbocycles. The zero-order valence-corrected chi connectivity index (χ0v) is 39.7. The number of oxime groups is 1. The zero-order valence-electron chi connectivity index (χ0n) is 38.9. The van der Waals surface area contributed by atoms with Crippen molar-refractivity contribution in [3.05, 3.63) is 90.5 Å². The monoisotopic (exact) mass is 932 g/mol. The highest BCUT2D eigenvalue weighted by Crippen LogP contribution is 2.62. The molecule has 16 nitrogen and oxygen atoms in total. The average molecular weight is 933 g/mol. The summed E-state index contributed by atoms with van der Waals surface area (Å²) < 4.78 is 61.9. The Morgan fingerprint density at radius 3 is 2.29 bits per heavy atom. The summed E-state index contributed by atoms with van der Waals surface area (Å²) in [6.45, 7) is 11.0. The molecule has 0 spiro atoms. The van der Waals surface area contributed by atoms with Gasteiger partial charge in [-0.25, -0.2) is 13.2 Å². The quantitative estimate of drug-likeness (QED) is 0.0483. The molecular weight excluding hydrogens is 869 g/mol. The molecule has 1 saturated carbocycles. The summed E-state index contributed by atoms with van der Waals surface area (Å²) in [4.78, 5) is 31.5. The SMILES string of the molecule is C=CCO[C@@]12Oc3ccc(OC(=O)Nc4ccc(OC)cc4OC)cc3[C@H]3[C@H](CCCCO)[C@@H](CCCCO)C=C(C(=NOC(C)(C)C)C[C@@H]1N(C)S(=O)(=O)c1ccc(NC(C)=O)cc1)[C@H]32. The van der Waals surface area contributed by atoms with Crippen molar-refractivity contribution in [2.75, 3.05) is 51.7 Å². The van der Waals surface area contributed by atoms with E-state index in [4.69, 9.17) is 33.7 Å². The maximum atomic E-state index is 14.9. The van der Waals surface area contributed by atoms with E-state index >= 15 is 0 Å². The summed E-state index contributed by atoms with van der Waals surface area (Å²) in [5, 5.41) is 30.1. The molecule has 1 fully saturated rings. The van der Waals surface area contributed by atoms with Crippen LogP contribution in [0.2, 0.25) is 0 Å². The van der Waals surface area contributed by atoms with Crippen LogP contribution in [0.5, 0.6) is 23.0 Å². The van der Waals surface area contributed by atoms with Gasteiger partial charge in [-0.2, -0.15) is 4.31 Å². The van der Waals surface area contributed by atoms with Crippen LogP contribution in [0.3, 0.4) is 0 Å². The third-order valence-corrected chi connectivity index (χ3v) is 14.1. The smallest absolute Gasteiger partial charge is 0.417 e. The number of amides is 2. The lowest BCUT2D eigenvalue weighted by Gasteiger charge is -2.59. The van der Waals surface area contributed by atoms with Crippen LogP contribution in [0.1, 0.15) is 84.1 Å². The molecule has 17 heteroatoms. The number of ether oxygens (including phenoxy) is 5. The van der Waals surface area contributed by atoms with Gasteiger partial charge < -0.3 is 44.1 Å². The lowest BCUT2D eigenvalue weighted by atomic mass is 9.55. The van der Waals surface area contributed by atoms with E-state index in [1.807, 2.05) is 20.8 Å². The summed E-state index contributed by atoms with van der Waals surface area (Å²) >= 11 is 0. The van der Waals surface area contributed by atoms with Gasteiger partial charge in [-0.05, 0) is 118 Å². The first kappa shape index (κ1) is 50.0. The van der Waals surface area contributed by atoms with E-state index in [-0.39, 0.29) is 54.6 Å². The summed E-state index contributed by atoms with van der Waals surface area (Å²) in [5.41, 5.74) is 2.13. The number of hydrogen-bond acceptors (Lipinski definition) is 13. The van der Waals surface area contributed by atoms with Crippen LogP contribution in [-0.2, 0) is 24.4 Å². The third-order valence-electron chi connectivity index (χ3n) is 12.2. The second-order valence-electron chi connectivity index (χ2n) is 17.8. The van der Waals surface area contributed by atoms with Crippen LogP contribution >= 0.6 is 0 Å². The first-order chi connectivity index (χ1) is 31.5. The Kier molecular flexibility index (Phi) is 16.2. The second kappa shape index (κ2) is 21.4. The summed E-state index contributed by atoms with van der Waals surface area (Å²) in [6, 6.07) is 15.0. The van der Waals surface area contributed by atoms with Gasteiger partial charge >= 0.3 is 6.09 Å². The van der Waals surface area contributed by atoms with Crippen molar-refractivity contribution in [1.29, 1.82) is 0 Å². The average Bonchev–Trinajstić information content (AvgIpc) is 3.28. The number of benzene rings is 3. The number of likely N-dealkylation sites (N-methyl/N-ethyl adjacent to an activating group) is 1. The molecule has 66 heavy (non-hydrogen) atoms. The Hall–Kier alpha value is -5.46. The number of allylic oxidation sites excluding steroid dienone is 1. The van der Waals surface area contributed by atoms with Crippen molar-refractivity contribution in [3.63, 3.8) is 0 Å². The van der Waals surface area contributed by atoms with Crippen LogP contribution in [0.4, 0.5) is 16.2 Å². The van der Waals surface area contributed by atoms with Gasteiger partial charge in [0.25, 0.3) is 0 Å². The first-order valence-electron chi connectivity index (χ1n) is 22.3. The number of methoxy groups -OCH3 is 2.